The van der Waals surface area contributed by atoms with Crippen molar-refractivity contribution in [2.24, 2.45) is 0 Å². The van der Waals surface area contributed by atoms with Gasteiger partial charge in [-0.25, -0.2) is 4.98 Å². The lowest BCUT2D eigenvalue weighted by Crippen LogP contribution is -2.40. The molecule has 0 radical (unpaired) electrons. The van der Waals surface area contributed by atoms with E-state index in [0.717, 1.165) is 43.7 Å². The number of fused-ring (bicyclic) bond motifs is 1. The van der Waals surface area contributed by atoms with E-state index in [-0.39, 0.29) is 11.9 Å². The van der Waals surface area contributed by atoms with E-state index in [2.05, 4.69) is 33.9 Å². The molecule has 6 nitrogen and oxygen atoms in total. The Balaban J connectivity index is 1.63. The second-order valence-electron chi connectivity index (χ2n) is 5.83. The molecule has 3 rings (SSSR count). The lowest BCUT2D eigenvalue weighted by molar-refractivity contribution is 0.0890. The summed E-state index contributed by atoms with van der Waals surface area (Å²) < 4.78 is 7.31. The van der Waals surface area contributed by atoms with Crippen molar-refractivity contribution in [3.05, 3.63) is 35.7 Å². The highest BCUT2D eigenvalue weighted by molar-refractivity contribution is 5.91. The summed E-state index contributed by atoms with van der Waals surface area (Å²) in [6.45, 7) is 5.00. The van der Waals surface area contributed by atoms with E-state index in [4.69, 9.17) is 4.52 Å². The van der Waals surface area contributed by atoms with E-state index < -0.39 is 0 Å². The second-order valence-corrected chi connectivity index (χ2v) is 5.83. The predicted molar refractivity (Wildman–Crippen MR) is 81.6 cm³/mol. The highest BCUT2D eigenvalue weighted by Gasteiger charge is 2.23. The summed E-state index contributed by atoms with van der Waals surface area (Å²) >= 11 is 0. The van der Waals surface area contributed by atoms with E-state index in [9.17, 15) is 4.79 Å². The molecular formula is C16H22N4O2. The van der Waals surface area contributed by atoms with Crippen LogP contribution in [-0.4, -0.2) is 26.7 Å². The fraction of sp³-hybridized carbons (Fsp3) is 0.562. The second kappa shape index (κ2) is 6.34. The van der Waals surface area contributed by atoms with Gasteiger partial charge in [0, 0.05) is 43.4 Å². The van der Waals surface area contributed by atoms with Gasteiger partial charge in [-0.3, -0.25) is 4.79 Å². The third-order valence-corrected chi connectivity index (χ3v) is 4.43. The number of amides is 1. The highest BCUT2D eigenvalue weighted by atomic mass is 16.5. The van der Waals surface area contributed by atoms with E-state index in [1.54, 1.807) is 12.3 Å². The number of nitrogens with one attached hydrogen (secondary N) is 1. The Morgan fingerprint density at radius 2 is 2.32 bits per heavy atom. The average Bonchev–Trinajstić information content (AvgIpc) is 3.17. The number of carbonyl (C=O) groups excluding carboxylic acids is 1. The molecular weight excluding hydrogens is 280 g/mol. The first-order valence-electron chi connectivity index (χ1n) is 7.98. The molecule has 118 valence electrons. The number of nitrogens with zero attached hydrogens (tertiary/aromatic N) is 3. The minimum atomic E-state index is -0.182. The molecule has 1 aliphatic heterocycles. The number of hydrogen-bond donors (Lipinski definition) is 1. The zero-order chi connectivity index (χ0) is 15.5. The van der Waals surface area contributed by atoms with Crippen molar-refractivity contribution in [3.8, 4) is 0 Å². The maximum Gasteiger partial charge on any atom is 0.290 e. The molecule has 0 saturated heterocycles. The van der Waals surface area contributed by atoms with E-state index in [1.165, 1.54) is 0 Å². The van der Waals surface area contributed by atoms with Gasteiger partial charge in [0.05, 0.1) is 5.69 Å². The maximum atomic E-state index is 12.3. The zero-order valence-electron chi connectivity index (χ0n) is 13.1. The van der Waals surface area contributed by atoms with E-state index in [0.29, 0.717) is 11.7 Å². The summed E-state index contributed by atoms with van der Waals surface area (Å²) in [6.07, 6.45) is 7.53. The van der Waals surface area contributed by atoms with Gasteiger partial charge in [-0.2, -0.15) is 0 Å². The minimum absolute atomic E-state index is 0.107. The molecule has 1 N–H and O–H groups in total. The molecule has 0 unspecified atom stereocenters. The van der Waals surface area contributed by atoms with Crippen LogP contribution in [0.1, 0.15) is 61.1 Å². The van der Waals surface area contributed by atoms with Crippen LogP contribution in [-0.2, 0) is 13.0 Å². The molecule has 0 bridgehead atoms. The monoisotopic (exact) mass is 302 g/mol. The van der Waals surface area contributed by atoms with Crippen LogP contribution in [0.2, 0.25) is 0 Å². The smallest absolute Gasteiger partial charge is 0.290 e. The van der Waals surface area contributed by atoms with Crippen molar-refractivity contribution in [1.29, 1.82) is 0 Å². The lowest BCUT2D eigenvalue weighted by atomic mass is 9.99. The summed E-state index contributed by atoms with van der Waals surface area (Å²) in [5.74, 6) is 1.56. The highest BCUT2D eigenvalue weighted by Crippen LogP contribution is 2.22. The summed E-state index contributed by atoms with van der Waals surface area (Å²) in [7, 11) is 0. The number of carbonyl (C=O) groups is 1. The quantitative estimate of drug-likeness (QED) is 0.921. The standard InChI is InChI=1S/C16H22N4O2/c1-3-11(4-2)13-9-14(22-19-13)16(21)18-12-5-6-15-17-7-8-20(15)10-12/h7-9,11-12H,3-6,10H2,1-2H3,(H,18,21)/t12-/m0/s1. The van der Waals surface area contributed by atoms with Gasteiger partial charge < -0.3 is 14.4 Å². The van der Waals surface area contributed by atoms with Gasteiger partial charge in [-0.05, 0) is 19.3 Å². The molecule has 1 atom stereocenters. The number of aromatic nitrogens is 3. The summed E-state index contributed by atoms with van der Waals surface area (Å²) in [5, 5.41) is 7.08. The molecule has 3 heterocycles. The Hall–Kier alpha value is -2.11. The van der Waals surface area contributed by atoms with Crippen molar-refractivity contribution in [2.45, 2.75) is 58.0 Å². The minimum Gasteiger partial charge on any atom is -0.351 e. The molecule has 0 fully saturated rings. The summed E-state index contributed by atoms with van der Waals surface area (Å²) in [4.78, 5) is 16.6. The molecule has 6 heteroatoms. The van der Waals surface area contributed by atoms with Gasteiger partial charge in [-0.15, -0.1) is 0 Å². The molecule has 22 heavy (non-hydrogen) atoms. The van der Waals surface area contributed by atoms with Crippen LogP contribution in [0.3, 0.4) is 0 Å². The van der Waals surface area contributed by atoms with Gasteiger partial charge in [0.25, 0.3) is 5.91 Å². The van der Waals surface area contributed by atoms with Gasteiger partial charge in [0.15, 0.2) is 0 Å². The van der Waals surface area contributed by atoms with Gasteiger partial charge in [-0.1, -0.05) is 19.0 Å². The normalized spacial score (nSPS) is 17.5. The van der Waals surface area contributed by atoms with Crippen LogP contribution in [0.5, 0.6) is 0 Å². The molecule has 0 saturated carbocycles. The van der Waals surface area contributed by atoms with Crippen LogP contribution in [0.25, 0.3) is 0 Å². The number of hydrogen-bond acceptors (Lipinski definition) is 4. The zero-order valence-corrected chi connectivity index (χ0v) is 13.1. The molecule has 1 aliphatic rings. The molecule has 0 aliphatic carbocycles. The van der Waals surface area contributed by atoms with Gasteiger partial charge in [0.2, 0.25) is 5.76 Å². The van der Waals surface area contributed by atoms with Crippen LogP contribution in [0.15, 0.2) is 23.0 Å². The van der Waals surface area contributed by atoms with Crippen molar-refractivity contribution < 1.29 is 9.32 Å². The summed E-state index contributed by atoms with van der Waals surface area (Å²) in [6, 6.07) is 1.88. The Labute approximate surface area is 129 Å². The Morgan fingerprint density at radius 3 is 3.09 bits per heavy atom. The SMILES string of the molecule is CCC(CC)c1cc(C(=O)N[C@H]2CCc3nccn3C2)on1. The number of imidazole rings is 1. The Kier molecular flexibility index (Phi) is 4.27. The largest absolute Gasteiger partial charge is 0.351 e. The first-order chi connectivity index (χ1) is 10.7. The molecule has 0 aromatic carbocycles. The topological polar surface area (TPSA) is 73.0 Å². The van der Waals surface area contributed by atoms with E-state index in [1.807, 2.05) is 6.20 Å². The van der Waals surface area contributed by atoms with E-state index >= 15 is 0 Å². The van der Waals surface area contributed by atoms with Crippen LogP contribution in [0, 0.1) is 0 Å². The van der Waals surface area contributed by atoms with Gasteiger partial charge >= 0.3 is 0 Å². The fourth-order valence-electron chi connectivity index (χ4n) is 3.04. The third-order valence-electron chi connectivity index (χ3n) is 4.43. The average molecular weight is 302 g/mol. The molecule has 2 aromatic heterocycles. The maximum absolute atomic E-state index is 12.3. The molecule has 0 spiro atoms. The Bertz CT molecular complexity index is 642. The fourth-order valence-corrected chi connectivity index (χ4v) is 3.04. The first-order valence-corrected chi connectivity index (χ1v) is 7.98. The molecule has 2 aromatic rings. The predicted octanol–water partition coefficient (Wildman–Crippen LogP) is 2.52. The van der Waals surface area contributed by atoms with Crippen LogP contribution in [0.4, 0.5) is 0 Å². The Morgan fingerprint density at radius 1 is 1.50 bits per heavy atom. The summed E-state index contributed by atoms with van der Waals surface area (Å²) in [5.41, 5.74) is 0.871. The number of rotatable bonds is 5. The molecule has 1 amide bonds. The van der Waals surface area contributed by atoms with Crippen LogP contribution >= 0.6 is 0 Å². The van der Waals surface area contributed by atoms with Crippen molar-refractivity contribution in [2.75, 3.05) is 0 Å². The third kappa shape index (κ3) is 2.91. The number of aryl methyl sites for hydroxylation is 1. The van der Waals surface area contributed by atoms with Crippen molar-refractivity contribution in [3.63, 3.8) is 0 Å². The van der Waals surface area contributed by atoms with Crippen LogP contribution < -0.4 is 5.32 Å². The lowest BCUT2D eigenvalue weighted by Gasteiger charge is -2.24. The first kappa shape index (κ1) is 14.8. The van der Waals surface area contributed by atoms with Gasteiger partial charge in [0.1, 0.15) is 5.82 Å². The van der Waals surface area contributed by atoms with Crippen molar-refractivity contribution >= 4 is 5.91 Å². The van der Waals surface area contributed by atoms with Crippen molar-refractivity contribution in [1.82, 2.24) is 20.0 Å².